The van der Waals surface area contributed by atoms with Crippen LogP contribution in [-0.2, 0) is 4.79 Å². The summed E-state index contributed by atoms with van der Waals surface area (Å²) in [5.41, 5.74) is 2.86. The maximum atomic E-state index is 10.8. The molecule has 0 saturated heterocycles. The molecule has 0 aliphatic heterocycles. The van der Waals surface area contributed by atoms with E-state index in [2.05, 4.69) is 32.9 Å². The van der Waals surface area contributed by atoms with Crippen LogP contribution in [0, 0.1) is 0 Å². The van der Waals surface area contributed by atoms with Gasteiger partial charge in [0.2, 0.25) is 0 Å². The lowest BCUT2D eigenvalue weighted by molar-refractivity contribution is -0.116. The predicted octanol–water partition coefficient (Wildman–Crippen LogP) is 4.44. The summed E-state index contributed by atoms with van der Waals surface area (Å²) in [5, 5.41) is 0. The van der Waals surface area contributed by atoms with Crippen LogP contribution < -0.4 is 0 Å². The molecule has 15 heavy (non-hydrogen) atoms. The Hall–Kier alpha value is -0.850. The minimum atomic E-state index is 0.283. The second-order valence-corrected chi connectivity index (χ2v) is 4.28. The molecular formula is C14H24O. The topological polar surface area (TPSA) is 17.1 Å². The van der Waals surface area contributed by atoms with Crippen LogP contribution in [0.1, 0.15) is 59.8 Å². The fourth-order valence-corrected chi connectivity index (χ4v) is 1.45. The molecule has 86 valence electrons. The van der Waals surface area contributed by atoms with E-state index in [0.717, 1.165) is 25.7 Å². The summed E-state index contributed by atoms with van der Waals surface area (Å²) in [6.07, 6.45) is 9.48. The molecule has 0 N–H and O–H groups in total. The first-order chi connectivity index (χ1) is 7.06. The van der Waals surface area contributed by atoms with E-state index in [4.69, 9.17) is 0 Å². The lowest BCUT2D eigenvalue weighted by atomic mass is 10.0. The van der Waals surface area contributed by atoms with Crippen molar-refractivity contribution in [3.05, 3.63) is 23.3 Å². The fraction of sp³-hybridized carbons (Fsp3) is 0.643. The molecule has 0 amide bonds. The number of rotatable bonds is 7. The molecule has 0 fully saturated rings. The van der Waals surface area contributed by atoms with Gasteiger partial charge in [-0.25, -0.2) is 0 Å². The van der Waals surface area contributed by atoms with Crippen LogP contribution >= 0.6 is 0 Å². The standard InChI is InChI=1S/C14H24O/c1-5-14(10-6-8-12(2)3)11-7-9-13(4)15/h8,11H,5-7,9-10H2,1-4H3/b14-11+. The maximum absolute atomic E-state index is 10.8. The van der Waals surface area contributed by atoms with Crippen LogP contribution in [0.4, 0.5) is 0 Å². The second-order valence-electron chi connectivity index (χ2n) is 4.28. The molecule has 0 aliphatic carbocycles. The Bertz CT molecular complexity index is 242. The van der Waals surface area contributed by atoms with E-state index in [0.29, 0.717) is 6.42 Å². The largest absolute Gasteiger partial charge is 0.300 e. The molecule has 0 aliphatic rings. The summed E-state index contributed by atoms with van der Waals surface area (Å²) in [7, 11) is 0. The van der Waals surface area contributed by atoms with Gasteiger partial charge in [0.25, 0.3) is 0 Å². The quantitative estimate of drug-likeness (QED) is 0.565. The molecule has 0 atom stereocenters. The predicted molar refractivity (Wildman–Crippen MR) is 67.0 cm³/mol. The number of allylic oxidation sites excluding steroid dienone is 4. The smallest absolute Gasteiger partial charge is 0.130 e. The van der Waals surface area contributed by atoms with Gasteiger partial charge in [-0.05, 0) is 46.5 Å². The number of carbonyl (C=O) groups excluding carboxylic acids is 1. The lowest BCUT2D eigenvalue weighted by Gasteiger charge is -2.02. The normalized spacial score (nSPS) is 11.3. The Kier molecular flexibility index (Phi) is 7.98. The molecule has 0 radical (unpaired) electrons. The summed E-state index contributed by atoms with van der Waals surface area (Å²) >= 11 is 0. The van der Waals surface area contributed by atoms with E-state index in [1.807, 2.05) is 0 Å². The number of Topliss-reactive ketones (excluding diaryl/α,β-unsaturated/α-hetero) is 1. The molecule has 0 spiro atoms. The summed E-state index contributed by atoms with van der Waals surface area (Å²) in [6, 6.07) is 0. The van der Waals surface area contributed by atoms with Gasteiger partial charge >= 0.3 is 0 Å². The molecule has 0 aromatic carbocycles. The minimum Gasteiger partial charge on any atom is -0.300 e. The molecule has 0 unspecified atom stereocenters. The van der Waals surface area contributed by atoms with Crippen molar-refractivity contribution < 1.29 is 4.79 Å². The SMILES string of the molecule is CC/C(=C\CCC(C)=O)CCC=C(C)C. The first-order valence-corrected chi connectivity index (χ1v) is 5.87. The molecule has 0 bridgehead atoms. The molecule has 0 aromatic rings. The molecule has 0 rings (SSSR count). The van der Waals surface area contributed by atoms with Crippen LogP contribution in [-0.4, -0.2) is 5.78 Å². The Labute approximate surface area is 94.3 Å². The average Bonchev–Trinajstić information content (AvgIpc) is 2.14. The van der Waals surface area contributed by atoms with Crippen molar-refractivity contribution in [2.45, 2.75) is 59.8 Å². The van der Waals surface area contributed by atoms with E-state index in [1.165, 1.54) is 11.1 Å². The third-order valence-electron chi connectivity index (χ3n) is 2.40. The highest BCUT2D eigenvalue weighted by Crippen LogP contribution is 2.12. The zero-order valence-electron chi connectivity index (χ0n) is 10.6. The van der Waals surface area contributed by atoms with Crippen molar-refractivity contribution in [1.29, 1.82) is 0 Å². The Balaban J connectivity index is 3.90. The minimum absolute atomic E-state index is 0.283. The molecule has 0 aromatic heterocycles. The summed E-state index contributed by atoms with van der Waals surface area (Å²) in [4.78, 5) is 10.8. The molecule has 1 nitrogen and oxygen atoms in total. The van der Waals surface area contributed by atoms with Gasteiger partial charge in [0.1, 0.15) is 5.78 Å². The zero-order valence-corrected chi connectivity index (χ0v) is 10.6. The monoisotopic (exact) mass is 208 g/mol. The van der Waals surface area contributed by atoms with Crippen LogP contribution in [0.5, 0.6) is 0 Å². The van der Waals surface area contributed by atoms with Gasteiger partial charge in [0.05, 0.1) is 0 Å². The van der Waals surface area contributed by atoms with Crippen molar-refractivity contribution >= 4 is 5.78 Å². The molecule has 1 heteroatoms. The Morgan fingerprint density at radius 1 is 1.00 bits per heavy atom. The molecule has 0 saturated carbocycles. The summed E-state index contributed by atoms with van der Waals surface area (Å²) in [5.74, 6) is 0.283. The Morgan fingerprint density at radius 2 is 1.60 bits per heavy atom. The number of carbonyl (C=O) groups is 1. The highest BCUT2D eigenvalue weighted by atomic mass is 16.1. The van der Waals surface area contributed by atoms with E-state index in [-0.39, 0.29) is 5.78 Å². The first kappa shape index (κ1) is 14.2. The third kappa shape index (κ3) is 9.45. The van der Waals surface area contributed by atoms with Gasteiger partial charge in [-0.1, -0.05) is 30.2 Å². The van der Waals surface area contributed by atoms with E-state index in [9.17, 15) is 4.79 Å². The van der Waals surface area contributed by atoms with Crippen molar-refractivity contribution in [2.75, 3.05) is 0 Å². The van der Waals surface area contributed by atoms with Gasteiger partial charge in [-0.2, -0.15) is 0 Å². The van der Waals surface area contributed by atoms with Gasteiger partial charge in [0, 0.05) is 6.42 Å². The molecular weight excluding hydrogens is 184 g/mol. The number of hydrogen-bond acceptors (Lipinski definition) is 1. The van der Waals surface area contributed by atoms with Crippen molar-refractivity contribution in [1.82, 2.24) is 0 Å². The highest BCUT2D eigenvalue weighted by Gasteiger charge is 1.95. The lowest BCUT2D eigenvalue weighted by Crippen LogP contribution is -1.88. The van der Waals surface area contributed by atoms with E-state index >= 15 is 0 Å². The van der Waals surface area contributed by atoms with Crippen molar-refractivity contribution in [3.63, 3.8) is 0 Å². The van der Waals surface area contributed by atoms with Crippen LogP contribution in [0.2, 0.25) is 0 Å². The van der Waals surface area contributed by atoms with Crippen molar-refractivity contribution in [2.24, 2.45) is 0 Å². The van der Waals surface area contributed by atoms with Crippen LogP contribution in [0.25, 0.3) is 0 Å². The second kappa shape index (κ2) is 8.46. The van der Waals surface area contributed by atoms with Crippen LogP contribution in [0.15, 0.2) is 23.3 Å². The van der Waals surface area contributed by atoms with Gasteiger partial charge < -0.3 is 4.79 Å². The third-order valence-corrected chi connectivity index (χ3v) is 2.40. The van der Waals surface area contributed by atoms with E-state index in [1.54, 1.807) is 6.92 Å². The highest BCUT2D eigenvalue weighted by molar-refractivity contribution is 5.75. The number of hydrogen-bond donors (Lipinski definition) is 0. The Morgan fingerprint density at radius 3 is 2.07 bits per heavy atom. The average molecular weight is 208 g/mol. The summed E-state index contributed by atoms with van der Waals surface area (Å²) in [6.45, 7) is 8.10. The number of ketones is 1. The summed E-state index contributed by atoms with van der Waals surface area (Å²) < 4.78 is 0. The van der Waals surface area contributed by atoms with E-state index < -0.39 is 0 Å². The van der Waals surface area contributed by atoms with Gasteiger partial charge in [-0.15, -0.1) is 0 Å². The van der Waals surface area contributed by atoms with Crippen molar-refractivity contribution in [3.8, 4) is 0 Å². The molecule has 0 heterocycles. The fourth-order valence-electron chi connectivity index (χ4n) is 1.45. The maximum Gasteiger partial charge on any atom is 0.130 e. The first-order valence-electron chi connectivity index (χ1n) is 5.87. The van der Waals surface area contributed by atoms with Crippen LogP contribution in [0.3, 0.4) is 0 Å². The zero-order chi connectivity index (χ0) is 11.7. The van der Waals surface area contributed by atoms with Gasteiger partial charge in [0.15, 0.2) is 0 Å². The van der Waals surface area contributed by atoms with Gasteiger partial charge in [-0.3, -0.25) is 0 Å².